The Balaban J connectivity index is 1.64. The first kappa shape index (κ1) is 19.7. The summed E-state index contributed by atoms with van der Waals surface area (Å²) in [6.45, 7) is 1.91. The molecule has 7 heteroatoms. The number of pyridine rings is 1. The smallest absolute Gasteiger partial charge is 0.267 e. The van der Waals surface area contributed by atoms with Crippen molar-refractivity contribution < 1.29 is 14.3 Å². The molecular formula is C23H21N3O3S. The normalized spacial score (nSPS) is 10.8. The quantitative estimate of drug-likeness (QED) is 0.469. The maximum Gasteiger partial charge on any atom is 0.267 e. The van der Waals surface area contributed by atoms with Crippen LogP contribution in [0.5, 0.6) is 11.5 Å². The minimum Gasteiger partial charge on any atom is -0.497 e. The van der Waals surface area contributed by atoms with Crippen molar-refractivity contribution in [2.75, 3.05) is 25.3 Å². The molecule has 0 bridgehead atoms. The Hall–Kier alpha value is -3.58. The van der Waals surface area contributed by atoms with Gasteiger partial charge < -0.3 is 20.5 Å². The molecule has 0 saturated heterocycles. The van der Waals surface area contributed by atoms with Crippen molar-refractivity contribution in [3.63, 3.8) is 0 Å². The summed E-state index contributed by atoms with van der Waals surface area (Å²) < 4.78 is 10.4. The molecule has 1 amide bonds. The lowest BCUT2D eigenvalue weighted by Gasteiger charge is -2.09. The van der Waals surface area contributed by atoms with Gasteiger partial charge in [0.2, 0.25) is 0 Å². The summed E-state index contributed by atoms with van der Waals surface area (Å²) in [4.78, 5) is 18.8. The van der Waals surface area contributed by atoms with Gasteiger partial charge in [0.05, 0.1) is 25.6 Å². The van der Waals surface area contributed by atoms with E-state index in [2.05, 4.69) is 5.32 Å². The number of carbonyl (C=O) groups is 1. The molecule has 6 nitrogen and oxygen atoms in total. The maximum absolute atomic E-state index is 12.9. The highest BCUT2D eigenvalue weighted by Crippen LogP contribution is 2.35. The van der Waals surface area contributed by atoms with Crippen LogP contribution in [0.4, 0.5) is 11.4 Å². The lowest BCUT2D eigenvalue weighted by Crippen LogP contribution is -2.12. The molecule has 3 N–H and O–H groups in total. The highest BCUT2D eigenvalue weighted by Gasteiger charge is 2.18. The second kappa shape index (κ2) is 8.04. The first-order valence-corrected chi connectivity index (χ1v) is 10.1. The van der Waals surface area contributed by atoms with Gasteiger partial charge in [-0.05, 0) is 67.1 Å². The van der Waals surface area contributed by atoms with Crippen molar-refractivity contribution >= 4 is 38.8 Å². The maximum atomic E-state index is 12.9. The van der Waals surface area contributed by atoms with Crippen LogP contribution in [0.3, 0.4) is 0 Å². The molecule has 2 aromatic carbocycles. The number of nitrogen functional groups attached to an aromatic ring is 1. The molecule has 0 unspecified atom stereocenters. The van der Waals surface area contributed by atoms with Gasteiger partial charge in [0, 0.05) is 16.6 Å². The van der Waals surface area contributed by atoms with Gasteiger partial charge in [0.1, 0.15) is 21.2 Å². The van der Waals surface area contributed by atoms with Gasteiger partial charge in [0.15, 0.2) is 0 Å². The third-order valence-corrected chi connectivity index (χ3v) is 5.98. The number of aryl methyl sites for hydroxylation is 1. The molecule has 0 radical (unpaired) electrons. The highest BCUT2D eigenvalue weighted by molar-refractivity contribution is 7.21. The molecular weight excluding hydrogens is 398 g/mol. The number of amides is 1. The van der Waals surface area contributed by atoms with E-state index in [9.17, 15) is 4.79 Å². The second-order valence-corrected chi connectivity index (χ2v) is 7.76. The fourth-order valence-corrected chi connectivity index (χ4v) is 4.16. The van der Waals surface area contributed by atoms with Crippen molar-refractivity contribution in [2.24, 2.45) is 0 Å². The second-order valence-electron chi connectivity index (χ2n) is 6.76. The van der Waals surface area contributed by atoms with Gasteiger partial charge in [-0.25, -0.2) is 4.98 Å². The summed E-state index contributed by atoms with van der Waals surface area (Å²) in [5.41, 5.74) is 10.1. The van der Waals surface area contributed by atoms with Crippen LogP contribution in [0.25, 0.3) is 21.5 Å². The van der Waals surface area contributed by atoms with E-state index in [1.54, 1.807) is 20.3 Å². The van der Waals surface area contributed by atoms with Gasteiger partial charge in [-0.2, -0.15) is 0 Å². The number of ether oxygens (including phenoxy) is 2. The number of hydrogen-bond acceptors (Lipinski definition) is 6. The summed E-state index contributed by atoms with van der Waals surface area (Å²) >= 11 is 1.28. The van der Waals surface area contributed by atoms with Gasteiger partial charge in [-0.3, -0.25) is 4.79 Å². The van der Waals surface area contributed by atoms with Crippen LogP contribution in [0, 0.1) is 6.92 Å². The Kier molecular flexibility index (Phi) is 5.29. The third-order valence-electron chi connectivity index (χ3n) is 4.87. The van der Waals surface area contributed by atoms with Crippen LogP contribution < -0.4 is 20.5 Å². The number of rotatable bonds is 5. The topological polar surface area (TPSA) is 86.5 Å². The third kappa shape index (κ3) is 3.67. The van der Waals surface area contributed by atoms with Gasteiger partial charge in [-0.15, -0.1) is 11.3 Å². The SMILES string of the molecule is COc1ccc(-c2ccc3c(N)c(C(=O)Nc4ccc(OC)cc4C)sc3n2)cc1. The predicted molar refractivity (Wildman–Crippen MR) is 122 cm³/mol. The Bertz CT molecular complexity index is 1230. The molecule has 30 heavy (non-hydrogen) atoms. The van der Waals surface area contributed by atoms with Gasteiger partial charge in [-0.1, -0.05) is 0 Å². The predicted octanol–water partition coefficient (Wildman–Crippen LogP) is 5.12. The van der Waals surface area contributed by atoms with E-state index in [1.165, 1.54) is 11.3 Å². The first-order valence-electron chi connectivity index (χ1n) is 9.29. The van der Waals surface area contributed by atoms with Crippen LogP contribution in [0.15, 0.2) is 54.6 Å². The van der Waals surface area contributed by atoms with Crippen molar-refractivity contribution in [3.8, 4) is 22.8 Å². The number of nitrogens with zero attached hydrogens (tertiary/aromatic N) is 1. The summed E-state index contributed by atoms with van der Waals surface area (Å²) in [5, 5.41) is 3.70. The van der Waals surface area contributed by atoms with E-state index in [-0.39, 0.29) is 5.91 Å². The van der Waals surface area contributed by atoms with Crippen LogP contribution >= 0.6 is 11.3 Å². The van der Waals surface area contributed by atoms with Crippen molar-refractivity contribution in [2.45, 2.75) is 6.92 Å². The number of methoxy groups -OCH3 is 2. The average molecular weight is 420 g/mol. The lowest BCUT2D eigenvalue weighted by atomic mass is 10.1. The number of benzene rings is 2. The molecule has 0 aliphatic rings. The molecule has 2 aromatic heterocycles. The molecule has 0 atom stereocenters. The number of thiophene rings is 1. The van der Waals surface area contributed by atoms with E-state index in [1.807, 2.05) is 55.5 Å². The van der Waals surface area contributed by atoms with Crippen LogP contribution in [-0.4, -0.2) is 25.1 Å². The molecule has 0 aliphatic carbocycles. The van der Waals surface area contributed by atoms with E-state index in [0.717, 1.165) is 38.5 Å². The molecule has 152 valence electrons. The summed E-state index contributed by atoms with van der Waals surface area (Å²) in [5.74, 6) is 1.27. The Morgan fingerprint density at radius 1 is 1.00 bits per heavy atom. The molecule has 0 fully saturated rings. The Morgan fingerprint density at radius 2 is 1.70 bits per heavy atom. The highest BCUT2D eigenvalue weighted by atomic mass is 32.1. The monoisotopic (exact) mass is 419 g/mol. The molecule has 0 aliphatic heterocycles. The number of nitrogens with two attached hydrogens (primary N) is 1. The van der Waals surface area contributed by atoms with Crippen molar-refractivity contribution in [1.29, 1.82) is 0 Å². The van der Waals surface area contributed by atoms with Crippen LogP contribution in [0.1, 0.15) is 15.2 Å². The van der Waals surface area contributed by atoms with E-state index in [0.29, 0.717) is 16.3 Å². The van der Waals surface area contributed by atoms with Gasteiger partial charge >= 0.3 is 0 Å². The number of aromatic nitrogens is 1. The summed E-state index contributed by atoms with van der Waals surface area (Å²) in [7, 11) is 3.24. The van der Waals surface area contributed by atoms with Gasteiger partial charge in [0.25, 0.3) is 5.91 Å². The largest absolute Gasteiger partial charge is 0.497 e. The molecule has 2 heterocycles. The Morgan fingerprint density at radius 3 is 2.37 bits per heavy atom. The molecule has 0 saturated carbocycles. The molecule has 4 rings (SSSR count). The number of nitrogens with one attached hydrogen (secondary N) is 1. The zero-order valence-corrected chi connectivity index (χ0v) is 17.7. The number of hydrogen-bond donors (Lipinski definition) is 2. The number of carbonyl (C=O) groups excluding carboxylic acids is 1. The van der Waals surface area contributed by atoms with Crippen LogP contribution in [-0.2, 0) is 0 Å². The fraction of sp³-hybridized carbons (Fsp3) is 0.130. The minimum atomic E-state index is -0.255. The van der Waals surface area contributed by atoms with E-state index < -0.39 is 0 Å². The Labute approximate surface area is 178 Å². The van der Waals surface area contributed by atoms with E-state index >= 15 is 0 Å². The zero-order chi connectivity index (χ0) is 21.3. The summed E-state index contributed by atoms with van der Waals surface area (Å²) in [6, 6.07) is 17.0. The van der Waals surface area contributed by atoms with Crippen molar-refractivity contribution in [3.05, 3.63) is 65.0 Å². The van der Waals surface area contributed by atoms with Crippen LogP contribution in [0.2, 0.25) is 0 Å². The number of anilines is 2. The lowest BCUT2D eigenvalue weighted by molar-refractivity contribution is 0.103. The summed E-state index contributed by atoms with van der Waals surface area (Å²) in [6.07, 6.45) is 0. The van der Waals surface area contributed by atoms with Crippen molar-refractivity contribution in [1.82, 2.24) is 4.98 Å². The first-order chi connectivity index (χ1) is 14.5. The number of fused-ring (bicyclic) bond motifs is 1. The standard InChI is InChI=1S/C23H21N3O3S/c1-13-12-16(29-3)8-10-18(13)25-22(27)21-20(24)17-9-11-19(26-23(17)30-21)14-4-6-15(28-2)7-5-14/h4-12H,24H2,1-3H3,(H,25,27). The zero-order valence-electron chi connectivity index (χ0n) is 16.9. The average Bonchev–Trinajstić information content (AvgIpc) is 3.11. The molecule has 0 spiro atoms. The fourth-order valence-electron chi connectivity index (χ4n) is 3.17. The van der Waals surface area contributed by atoms with E-state index in [4.69, 9.17) is 20.2 Å². The molecule has 4 aromatic rings. The minimum absolute atomic E-state index is 0.255.